The van der Waals surface area contributed by atoms with Crippen molar-refractivity contribution in [2.24, 2.45) is 5.92 Å². The van der Waals surface area contributed by atoms with Crippen molar-refractivity contribution in [2.45, 2.75) is 33.2 Å². The quantitative estimate of drug-likeness (QED) is 0.781. The van der Waals surface area contributed by atoms with E-state index in [-0.39, 0.29) is 0 Å². The monoisotopic (exact) mass is 197 g/mol. The fraction of sp³-hybridized carbons (Fsp3) is 0.636. The van der Waals surface area contributed by atoms with Crippen LogP contribution >= 0.6 is 11.3 Å². The van der Waals surface area contributed by atoms with Crippen LogP contribution in [0.3, 0.4) is 0 Å². The van der Waals surface area contributed by atoms with Gasteiger partial charge in [-0.05, 0) is 31.5 Å². The molecule has 1 aromatic heterocycles. The van der Waals surface area contributed by atoms with Crippen LogP contribution in [0.15, 0.2) is 12.1 Å². The van der Waals surface area contributed by atoms with E-state index < -0.39 is 0 Å². The third kappa shape index (κ3) is 2.55. The number of aryl methyl sites for hydroxylation is 1. The largest absolute Gasteiger partial charge is 0.312 e. The molecule has 0 fully saturated rings. The summed E-state index contributed by atoms with van der Waals surface area (Å²) in [4.78, 5) is 2.95. The summed E-state index contributed by atoms with van der Waals surface area (Å²) in [7, 11) is 2.04. The van der Waals surface area contributed by atoms with Crippen molar-refractivity contribution in [2.75, 3.05) is 7.05 Å². The van der Waals surface area contributed by atoms with Crippen molar-refractivity contribution in [3.8, 4) is 0 Å². The Morgan fingerprint density at radius 1 is 1.38 bits per heavy atom. The predicted molar refractivity (Wildman–Crippen MR) is 60.3 cm³/mol. The van der Waals surface area contributed by atoms with E-state index in [1.54, 1.807) is 0 Å². The molecule has 0 saturated carbocycles. The summed E-state index contributed by atoms with van der Waals surface area (Å²) in [5.74, 6) is 0.661. The molecule has 74 valence electrons. The Morgan fingerprint density at radius 2 is 2.08 bits per heavy atom. The van der Waals surface area contributed by atoms with Crippen LogP contribution in [-0.4, -0.2) is 7.05 Å². The Balaban J connectivity index is 2.79. The first kappa shape index (κ1) is 10.7. The molecule has 1 aromatic rings. The third-order valence-corrected chi connectivity index (χ3v) is 3.63. The van der Waals surface area contributed by atoms with Crippen molar-refractivity contribution in [1.82, 2.24) is 5.32 Å². The maximum absolute atomic E-state index is 3.37. The van der Waals surface area contributed by atoms with Gasteiger partial charge in [0.1, 0.15) is 0 Å². The first-order valence-corrected chi connectivity index (χ1v) is 5.76. The smallest absolute Gasteiger partial charge is 0.0435 e. The van der Waals surface area contributed by atoms with Gasteiger partial charge in [-0.25, -0.2) is 0 Å². The summed E-state index contributed by atoms with van der Waals surface area (Å²) in [6.07, 6.45) is 1.15. The lowest BCUT2D eigenvalue weighted by molar-refractivity contribution is 0.449. The van der Waals surface area contributed by atoms with E-state index in [0.717, 1.165) is 6.42 Å². The van der Waals surface area contributed by atoms with Gasteiger partial charge in [0, 0.05) is 15.8 Å². The second-order valence-electron chi connectivity index (χ2n) is 3.67. The molecule has 0 bridgehead atoms. The van der Waals surface area contributed by atoms with Crippen LogP contribution in [0.25, 0.3) is 0 Å². The predicted octanol–water partition coefficient (Wildman–Crippen LogP) is 3.23. The van der Waals surface area contributed by atoms with E-state index in [0.29, 0.717) is 12.0 Å². The molecule has 0 aliphatic rings. The highest BCUT2D eigenvalue weighted by Gasteiger charge is 2.14. The molecular weight excluding hydrogens is 178 g/mol. The summed E-state index contributed by atoms with van der Waals surface area (Å²) in [6.45, 7) is 6.72. The molecule has 0 aliphatic carbocycles. The van der Waals surface area contributed by atoms with Gasteiger partial charge in [0.25, 0.3) is 0 Å². The van der Waals surface area contributed by atoms with Gasteiger partial charge in [-0.3, -0.25) is 0 Å². The molecule has 0 saturated heterocycles. The van der Waals surface area contributed by atoms with Gasteiger partial charge in [0.05, 0.1) is 0 Å². The Bertz CT molecular complexity index is 252. The first-order valence-electron chi connectivity index (χ1n) is 4.94. The molecule has 0 amide bonds. The van der Waals surface area contributed by atoms with Gasteiger partial charge in [-0.2, -0.15) is 0 Å². The van der Waals surface area contributed by atoms with Crippen LogP contribution in [-0.2, 0) is 6.42 Å². The molecule has 0 radical (unpaired) electrons. The highest BCUT2D eigenvalue weighted by Crippen LogP contribution is 2.28. The van der Waals surface area contributed by atoms with Gasteiger partial charge in [-0.15, -0.1) is 11.3 Å². The number of nitrogens with one attached hydrogen (secondary N) is 1. The molecule has 1 heterocycles. The van der Waals surface area contributed by atoms with Crippen molar-refractivity contribution in [3.05, 3.63) is 21.9 Å². The zero-order valence-electron chi connectivity index (χ0n) is 8.92. The molecule has 1 nitrogen and oxygen atoms in total. The Labute approximate surface area is 85.2 Å². The molecule has 1 atom stereocenters. The summed E-state index contributed by atoms with van der Waals surface area (Å²) in [5.41, 5.74) is 0. The van der Waals surface area contributed by atoms with E-state index in [4.69, 9.17) is 0 Å². The number of hydrogen-bond donors (Lipinski definition) is 1. The minimum atomic E-state index is 0.519. The molecule has 13 heavy (non-hydrogen) atoms. The van der Waals surface area contributed by atoms with E-state index in [9.17, 15) is 0 Å². The van der Waals surface area contributed by atoms with E-state index in [2.05, 4.69) is 38.2 Å². The number of rotatable bonds is 4. The second kappa shape index (κ2) is 4.77. The zero-order valence-corrected chi connectivity index (χ0v) is 9.74. The Kier molecular flexibility index (Phi) is 3.94. The molecule has 0 spiro atoms. The standard InChI is InChI=1S/C11H19NS/c1-5-9-6-7-10(13-9)11(12-4)8(2)3/h6-8,11-12H,5H2,1-4H3. The van der Waals surface area contributed by atoms with E-state index >= 15 is 0 Å². The second-order valence-corrected chi connectivity index (χ2v) is 4.87. The highest BCUT2D eigenvalue weighted by molar-refractivity contribution is 7.12. The zero-order chi connectivity index (χ0) is 9.84. The molecule has 0 aliphatic heterocycles. The molecule has 2 heteroatoms. The molecule has 1 N–H and O–H groups in total. The van der Waals surface area contributed by atoms with Crippen molar-refractivity contribution < 1.29 is 0 Å². The van der Waals surface area contributed by atoms with Crippen LogP contribution in [0, 0.1) is 5.92 Å². The van der Waals surface area contributed by atoms with Crippen LogP contribution in [0.4, 0.5) is 0 Å². The van der Waals surface area contributed by atoms with Gasteiger partial charge in [-0.1, -0.05) is 20.8 Å². The van der Waals surface area contributed by atoms with Crippen molar-refractivity contribution in [1.29, 1.82) is 0 Å². The average molecular weight is 197 g/mol. The third-order valence-electron chi connectivity index (χ3n) is 2.32. The minimum Gasteiger partial charge on any atom is -0.312 e. The van der Waals surface area contributed by atoms with Gasteiger partial charge < -0.3 is 5.32 Å². The topological polar surface area (TPSA) is 12.0 Å². The van der Waals surface area contributed by atoms with Gasteiger partial charge >= 0.3 is 0 Å². The van der Waals surface area contributed by atoms with Crippen LogP contribution < -0.4 is 5.32 Å². The number of hydrogen-bond acceptors (Lipinski definition) is 2. The summed E-state index contributed by atoms with van der Waals surface area (Å²) < 4.78 is 0. The van der Waals surface area contributed by atoms with Crippen LogP contribution in [0.2, 0.25) is 0 Å². The average Bonchev–Trinajstić information content (AvgIpc) is 2.53. The Morgan fingerprint density at radius 3 is 2.46 bits per heavy atom. The summed E-state index contributed by atoms with van der Waals surface area (Å²) in [6, 6.07) is 5.02. The minimum absolute atomic E-state index is 0.519. The molecule has 0 aromatic carbocycles. The maximum atomic E-state index is 3.37. The van der Waals surface area contributed by atoms with Crippen molar-refractivity contribution in [3.63, 3.8) is 0 Å². The lowest BCUT2D eigenvalue weighted by Crippen LogP contribution is -2.20. The van der Waals surface area contributed by atoms with Crippen LogP contribution in [0.1, 0.15) is 36.6 Å². The summed E-state index contributed by atoms with van der Waals surface area (Å²) >= 11 is 1.93. The lowest BCUT2D eigenvalue weighted by Gasteiger charge is -2.18. The van der Waals surface area contributed by atoms with E-state index in [1.807, 2.05) is 18.4 Å². The lowest BCUT2D eigenvalue weighted by atomic mass is 10.0. The first-order chi connectivity index (χ1) is 6.19. The molecule has 1 rings (SSSR count). The fourth-order valence-corrected chi connectivity index (χ4v) is 2.79. The van der Waals surface area contributed by atoms with Gasteiger partial charge in [0.2, 0.25) is 0 Å². The molecule has 1 unspecified atom stereocenters. The van der Waals surface area contributed by atoms with Crippen molar-refractivity contribution >= 4 is 11.3 Å². The fourth-order valence-electron chi connectivity index (χ4n) is 1.56. The van der Waals surface area contributed by atoms with Crippen LogP contribution in [0.5, 0.6) is 0 Å². The van der Waals surface area contributed by atoms with E-state index in [1.165, 1.54) is 9.75 Å². The highest BCUT2D eigenvalue weighted by atomic mass is 32.1. The SMILES string of the molecule is CCc1ccc(C(NC)C(C)C)s1. The Hall–Kier alpha value is -0.340. The normalized spacial score (nSPS) is 13.6. The van der Waals surface area contributed by atoms with Gasteiger partial charge in [0.15, 0.2) is 0 Å². The maximum Gasteiger partial charge on any atom is 0.0435 e. The molecular formula is C11H19NS. The number of thiophene rings is 1. The summed E-state index contributed by atoms with van der Waals surface area (Å²) in [5, 5.41) is 3.37.